The van der Waals surface area contributed by atoms with Crippen LogP contribution in [0.4, 0.5) is 5.69 Å². The maximum atomic E-state index is 13.8. The minimum absolute atomic E-state index is 0.0522. The Labute approximate surface area is 216 Å². The quantitative estimate of drug-likeness (QED) is 0.238. The summed E-state index contributed by atoms with van der Waals surface area (Å²) in [6, 6.07) is 11.8. The van der Waals surface area contributed by atoms with E-state index in [0.717, 1.165) is 78.6 Å². The number of unbranched alkanes of at least 4 members (excludes halogenated alkanes) is 1. The number of benzene rings is 2. The standard InChI is InChI=1S/C30H42N2O4/c1-7-8-17-32(20-25-15-16-27(36-24(6)33)28(19-25)35-21(2)3)18-10-9-14-26(32)30(34)31-29-22(4)12-11-13-23(29)5/h11-13,15-16,19,21,26H,7-10,14,17-18,20H2,1-6H3/p+1. The first kappa shape index (κ1) is 27.7. The number of para-hydroxylation sites is 1. The molecule has 1 amide bonds. The maximum Gasteiger partial charge on any atom is 0.308 e. The number of ether oxygens (including phenoxy) is 2. The predicted octanol–water partition coefficient (Wildman–Crippen LogP) is 6.32. The second kappa shape index (κ2) is 12.4. The van der Waals surface area contributed by atoms with Crippen LogP contribution in [0.3, 0.4) is 0 Å². The van der Waals surface area contributed by atoms with Gasteiger partial charge in [-0.3, -0.25) is 9.59 Å². The molecule has 6 heteroatoms. The van der Waals surface area contributed by atoms with E-state index in [9.17, 15) is 9.59 Å². The molecule has 0 radical (unpaired) electrons. The average molecular weight is 496 g/mol. The van der Waals surface area contributed by atoms with Gasteiger partial charge in [0.05, 0.1) is 19.2 Å². The SMILES string of the molecule is CCCC[N+]1(Cc2ccc(OC(C)=O)c(OC(C)C)c2)CCCCC1C(=O)Nc1c(C)cccc1C. The summed E-state index contributed by atoms with van der Waals surface area (Å²) >= 11 is 0. The summed E-state index contributed by atoms with van der Waals surface area (Å²) in [6.07, 6.45) is 5.14. The minimum Gasteiger partial charge on any atom is -0.487 e. The number of anilines is 1. The number of hydrogen-bond acceptors (Lipinski definition) is 4. The predicted molar refractivity (Wildman–Crippen MR) is 144 cm³/mol. The van der Waals surface area contributed by atoms with E-state index < -0.39 is 0 Å². The topological polar surface area (TPSA) is 64.6 Å². The van der Waals surface area contributed by atoms with Crippen molar-refractivity contribution < 1.29 is 23.5 Å². The zero-order valence-corrected chi connectivity index (χ0v) is 22.9. The van der Waals surface area contributed by atoms with Crippen LogP contribution in [0.25, 0.3) is 0 Å². The number of nitrogens with one attached hydrogen (secondary N) is 1. The van der Waals surface area contributed by atoms with Gasteiger partial charge in [0.15, 0.2) is 17.5 Å². The molecule has 1 N–H and O–H groups in total. The van der Waals surface area contributed by atoms with Crippen molar-refractivity contribution in [1.29, 1.82) is 0 Å². The number of quaternary nitrogens is 1. The molecule has 36 heavy (non-hydrogen) atoms. The maximum absolute atomic E-state index is 13.8. The Hall–Kier alpha value is -2.86. The molecule has 2 atom stereocenters. The highest BCUT2D eigenvalue weighted by Crippen LogP contribution is 2.35. The molecular weight excluding hydrogens is 452 g/mol. The van der Waals surface area contributed by atoms with E-state index in [-0.39, 0.29) is 24.0 Å². The average Bonchev–Trinajstić information content (AvgIpc) is 2.81. The molecule has 1 saturated heterocycles. The molecule has 6 nitrogen and oxygen atoms in total. The summed E-state index contributed by atoms with van der Waals surface area (Å²) in [5.41, 5.74) is 4.19. The number of likely N-dealkylation sites (tertiary alicyclic amines) is 1. The molecule has 1 heterocycles. The lowest BCUT2D eigenvalue weighted by atomic mass is 9.94. The van der Waals surface area contributed by atoms with E-state index in [1.807, 2.05) is 64.1 Å². The van der Waals surface area contributed by atoms with E-state index in [4.69, 9.17) is 9.47 Å². The van der Waals surface area contributed by atoms with Crippen molar-refractivity contribution in [2.45, 2.75) is 92.3 Å². The van der Waals surface area contributed by atoms with Crippen LogP contribution < -0.4 is 14.8 Å². The van der Waals surface area contributed by atoms with Gasteiger partial charge in [0, 0.05) is 24.6 Å². The number of piperidine rings is 1. The third-order valence-electron chi connectivity index (χ3n) is 7.10. The number of hydrogen-bond donors (Lipinski definition) is 1. The van der Waals surface area contributed by atoms with Crippen LogP contribution in [-0.4, -0.2) is 41.6 Å². The lowest BCUT2D eigenvalue weighted by Gasteiger charge is -2.47. The van der Waals surface area contributed by atoms with Crippen molar-refractivity contribution in [3.05, 3.63) is 53.1 Å². The molecule has 196 valence electrons. The van der Waals surface area contributed by atoms with Gasteiger partial charge in [-0.25, -0.2) is 0 Å². The van der Waals surface area contributed by atoms with Crippen molar-refractivity contribution >= 4 is 17.6 Å². The molecule has 0 bridgehead atoms. The number of rotatable bonds is 10. The highest BCUT2D eigenvalue weighted by atomic mass is 16.6. The fourth-order valence-electron chi connectivity index (χ4n) is 5.40. The molecule has 0 aliphatic carbocycles. The van der Waals surface area contributed by atoms with Crippen LogP contribution in [-0.2, 0) is 16.1 Å². The molecule has 2 unspecified atom stereocenters. The van der Waals surface area contributed by atoms with E-state index in [0.29, 0.717) is 11.5 Å². The summed E-state index contributed by atoms with van der Waals surface area (Å²) in [7, 11) is 0. The second-order valence-corrected chi connectivity index (χ2v) is 10.5. The molecule has 1 aliphatic rings. The highest BCUT2D eigenvalue weighted by Gasteiger charge is 2.43. The van der Waals surface area contributed by atoms with Gasteiger partial charge in [0.1, 0.15) is 6.54 Å². The van der Waals surface area contributed by atoms with Crippen LogP contribution in [0.15, 0.2) is 36.4 Å². The van der Waals surface area contributed by atoms with Crippen LogP contribution in [0.2, 0.25) is 0 Å². The van der Waals surface area contributed by atoms with Crippen molar-refractivity contribution in [3.8, 4) is 11.5 Å². The lowest BCUT2D eigenvalue weighted by molar-refractivity contribution is -0.959. The smallest absolute Gasteiger partial charge is 0.308 e. The van der Waals surface area contributed by atoms with E-state index in [1.54, 1.807) is 0 Å². The van der Waals surface area contributed by atoms with Gasteiger partial charge in [-0.1, -0.05) is 31.5 Å². The van der Waals surface area contributed by atoms with Gasteiger partial charge in [-0.05, 0) is 76.3 Å². The van der Waals surface area contributed by atoms with Gasteiger partial charge in [-0.15, -0.1) is 0 Å². The Kier molecular flexibility index (Phi) is 9.55. The summed E-state index contributed by atoms with van der Waals surface area (Å²) in [4.78, 5) is 25.4. The number of carbonyl (C=O) groups excluding carboxylic acids is 2. The first-order chi connectivity index (χ1) is 17.1. The normalized spacial score (nSPS) is 19.7. The molecule has 3 rings (SSSR count). The Bertz CT molecular complexity index is 1040. The number of aryl methyl sites for hydroxylation is 2. The molecule has 0 saturated carbocycles. The number of nitrogens with zero attached hydrogens (tertiary/aromatic N) is 1. The zero-order chi connectivity index (χ0) is 26.3. The van der Waals surface area contributed by atoms with Crippen LogP contribution in [0.5, 0.6) is 11.5 Å². The summed E-state index contributed by atoms with van der Waals surface area (Å²) in [5.74, 6) is 0.739. The Morgan fingerprint density at radius 2 is 1.81 bits per heavy atom. The largest absolute Gasteiger partial charge is 0.487 e. The van der Waals surface area contributed by atoms with E-state index in [2.05, 4.69) is 12.2 Å². The van der Waals surface area contributed by atoms with Crippen molar-refractivity contribution in [2.24, 2.45) is 0 Å². The highest BCUT2D eigenvalue weighted by molar-refractivity contribution is 5.95. The molecular formula is C30H43N2O4+. The minimum atomic E-state index is -0.373. The van der Waals surface area contributed by atoms with Gasteiger partial charge in [0.2, 0.25) is 0 Å². The van der Waals surface area contributed by atoms with Crippen LogP contribution in [0.1, 0.15) is 76.5 Å². The first-order valence-corrected chi connectivity index (χ1v) is 13.4. The monoisotopic (exact) mass is 495 g/mol. The van der Waals surface area contributed by atoms with Gasteiger partial charge in [-0.2, -0.15) is 0 Å². The van der Waals surface area contributed by atoms with E-state index in [1.165, 1.54) is 6.92 Å². The van der Waals surface area contributed by atoms with Crippen molar-refractivity contribution in [2.75, 3.05) is 18.4 Å². The molecule has 2 aromatic rings. The lowest BCUT2D eigenvalue weighted by Crippen LogP contribution is -2.62. The van der Waals surface area contributed by atoms with Gasteiger partial charge < -0.3 is 19.3 Å². The third kappa shape index (κ3) is 6.88. The number of amides is 1. The summed E-state index contributed by atoms with van der Waals surface area (Å²) < 4.78 is 12.1. The van der Waals surface area contributed by atoms with Gasteiger partial charge in [0.25, 0.3) is 5.91 Å². The Balaban J connectivity index is 1.95. The molecule has 2 aromatic carbocycles. The molecule has 0 spiro atoms. The number of esters is 1. The summed E-state index contributed by atoms with van der Waals surface area (Å²) in [5, 5.41) is 3.30. The Morgan fingerprint density at radius 1 is 1.08 bits per heavy atom. The molecule has 1 aliphatic heterocycles. The van der Waals surface area contributed by atoms with Crippen molar-refractivity contribution in [3.63, 3.8) is 0 Å². The van der Waals surface area contributed by atoms with Crippen LogP contribution in [0, 0.1) is 13.8 Å². The van der Waals surface area contributed by atoms with E-state index >= 15 is 0 Å². The number of carbonyl (C=O) groups is 2. The molecule has 1 fully saturated rings. The molecule has 0 aromatic heterocycles. The first-order valence-electron chi connectivity index (χ1n) is 13.4. The fraction of sp³-hybridized carbons (Fsp3) is 0.533. The van der Waals surface area contributed by atoms with Crippen molar-refractivity contribution in [1.82, 2.24) is 0 Å². The summed E-state index contributed by atoms with van der Waals surface area (Å²) in [6.45, 7) is 14.3. The second-order valence-electron chi connectivity index (χ2n) is 10.5. The zero-order valence-electron chi connectivity index (χ0n) is 22.9. The van der Waals surface area contributed by atoms with Gasteiger partial charge >= 0.3 is 5.97 Å². The Morgan fingerprint density at radius 3 is 2.44 bits per heavy atom. The fourth-order valence-corrected chi connectivity index (χ4v) is 5.40. The third-order valence-corrected chi connectivity index (χ3v) is 7.10. The van der Waals surface area contributed by atoms with Crippen LogP contribution >= 0.6 is 0 Å².